The van der Waals surface area contributed by atoms with Crippen LogP contribution in [0.25, 0.3) is 0 Å². The number of hydrogen-bond donors (Lipinski definition) is 2. The summed E-state index contributed by atoms with van der Waals surface area (Å²) in [5.41, 5.74) is -2.52. The first kappa shape index (κ1) is 18.4. The van der Waals surface area contributed by atoms with E-state index in [1.807, 2.05) is 0 Å². The second-order valence-corrected chi connectivity index (χ2v) is 6.99. The predicted octanol–water partition coefficient (Wildman–Crippen LogP) is 1.73. The SMILES string of the molecule is Cc1cc(F)ccc1N1CCO[C@H]([C@@](O)(C(=O)O)C(C)(C)C)C1=O. The highest BCUT2D eigenvalue weighted by molar-refractivity contribution is 6.02. The van der Waals surface area contributed by atoms with E-state index in [1.54, 1.807) is 6.92 Å². The van der Waals surface area contributed by atoms with Gasteiger partial charge in [0, 0.05) is 17.6 Å². The Balaban J connectivity index is 2.45. The molecule has 0 unspecified atom stereocenters. The minimum Gasteiger partial charge on any atom is -0.479 e. The van der Waals surface area contributed by atoms with E-state index >= 15 is 0 Å². The van der Waals surface area contributed by atoms with Crippen molar-refractivity contribution in [1.82, 2.24) is 0 Å². The fourth-order valence-corrected chi connectivity index (χ4v) is 2.87. The van der Waals surface area contributed by atoms with E-state index in [9.17, 15) is 24.2 Å². The summed E-state index contributed by atoms with van der Waals surface area (Å²) in [7, 11) is 0. The van der Waals surface area contributed by atoms with Crippen molar-refractivity contribution in [2.24, 2.45) is 5.41 Å². The quantitative estimate of drug-likeness (QED) is 0.876. The minimum absolute atomic E-state index is 0.0683. The summed E-state index contributed by atoms with van der Waals surface area (Å²) in [6.07, 6.45) is -1.55. The molecule has 1 aliphatic heterocycles. The average molecular weight is 339 g/mol. The molecule has 0 radical (unpaired) electrons. The molecular formula is C17H22FNO5. The number of halogens is 1. The number of carboxylic acid groups (broad SMARTS) is 1. The summed E-state index contributed by atoms with van der Waals surface area (Å²) in [5, 5.41) is 20.3. The first-order chi connectivity index (χ1) is 11.0. The Hall–Kier alpha value is -1.99. The number of carbonyl (C=O) groups excluding carboxylic acids is 1. The molecule has 132 valence electrons. The molecule has 1 saturated heterocycles. The number of carbonyl (C=O) groups is 2. The van der Waals surface area contributed by atoms with Gasteiger partial charge in [-0.15, -0.1) is 0 Å². The molecule has 1 heterocycles. The molecule has 1 aromatic rings. The van der Waals surface area contributed by atoms with E-state index in [2.05, 4.69) is 0 Å². The molecule has 7 heteroatoms. The smallest absolute Gasteiger partial charge is 0.339 e. The van der Waals surface area contributed by atoms with Crippen molar-refractivity contribution in [3.05, 3.63) is 29.6 Å². The van der Waals surface area contributed by atoms with Gasteiger partial charge in [-0.1, -0.05) is 20.8 Å². The number of anilines is 1. The second kappa shape index (κ2) is 6.14. The van der Waals surface area contributed by atoms with Gasteiger partial charge in [0.1, 0.15) is 5.82 Å². The molecule has 1 fully saturated rings. The number of carboxylic acids is 1. The molecule has 1 aromatic carbocycles. The number of nitrogens with zero attached hydrogens (tertiary/aromatic N) is 1. The van der Waals surface area contributed by atoms with Crippen molar-refractivity contribution in [3.8, 4) is 0 Å². The maximum Gasteiger partial charge on any atom is 0.339 e. The summed E-state index contributed by atoms with van der Waals surface area (Å²) in [4.78, 5) is 25.9. The fourth-order valence-electron chi connectivity index (χ4n) is 2.87. The molecule has 0 bridgehead atoms. The Morgan fingerprint density at radius 2 is 2.00 bits per heavy atom. The maximum atomic E-state index is 13.3. The fraction of sp³-hybridized carbons (Fsp3) is 0.529. The molecule has 0 spiro atoms. The molecule has 0 aromatic heterocycles. The lowest BCUT2D eigenvalue weighted by molar-refractivity contribution is -0.203. The number of morpholine rings is 1. The topological polar surface area (TPSA) is 87.1 Å². The maximum absolute atomic E-state index is 13.3. The third-order valence-corrected chi connectivity index (χ3v) is 4.39. The lowest BCUT2D eigenvalue weighted by Crippen LogP contribution is -2.66. The normalized spacial score (nSPS) is 21.5. The summed E-state index contributed by atoms with van der Waals surface area (Å²) in [5.74, 6) is -2.60. The van der Waals surface area contributed by atoms with Crippen LogP contribution in [0.15, 0.2) is 18.2 Å². The third kappa shape index (κ3) is 2.89. The Morgan fingerprint density at radius 1 is 1.38 bits per heavy atom. The second-order valence-electron chi connectivity index (χ2n) is 6.99. The molecule has 1 aliphatic rings. The third-order valence-electron chi connectivity index (χ3n) is 4.39. The number of benzene rings is 1. The van der Waals surface area contributed by atoms with Crippen molar-refractivity contribution in [3.63, 3.8) is 0 Å². The molecule has 0 aliphatic carbocycles. The molecule has 2 N–H and O–H groups in total. The number of ether oxygens (including phenoxy) is 1. The van der Waals surface area contributed by atoms with E-state index in [4.69, 9.17) is 4.74 Å². The van der Waals surface area contributed by atoms with Crippen LogP contribution in [0.3, 0.4) is 0 Å². The molecule has 2 atom stereocenters. The zero-order valence-corrected chi connectivity index (χ0v) is 14.2. The van der Waals surface area contributed by atoms with Gasteiger partial charge in [0.15, 0.2) is 6.10 Å². The largest absolute Gasteiger partial charge is 0.479 e. The van der Waals surface area contributed by atoms with Crippen molar-refractivity contribution >= 4 is 17.6 Å². The number of aliphatic carboxylic acids is 1. The summed E-state index contributed by atoms with van der Waals surface area (Å²) in [6.45, 7) is 6.50. The highest BCUT2D eigenvalue weighted by atomic mass is 19.1. The van der Waals surface area contributed by atoms with Crippen LogP contribution in [0, 0.1) is 18.2 Å². The number of amides is 1. The molecule has 0 saturated carbocycles. The number of aryl methyl sites for hydroxylation is 1. The van der Waals surface area contributed by atoms with Gasteiger partial charge in [-0.2, -0.15) is 0 Å². The summed E-state index contributed by atoms with van der Waals surface area (Å²) in [6, 6.07) is 3.98. The number of aliphatic hydroxyl groups is 1. The van der Waals surface area contributed by atoms with Crippen LogP contribution in [0.1, 0.15) is 26.3 Å². The highest BCUT2D eigenvalue weighted by Gasteiger charge is 2.59. The van der Waals surface area contributed by atoms with Crippen LogP contribution in [0.5, 0.6) is 0 Å². The van der Waals surface area contributed by atoms with Gasteiger partial charge in [-0.05, 0) is 30.7 Å². The van der Waals surface area contributed by atoms with Crippen LogP contribution < -0.4 is 4.90 Å². The van der Waals surface area contributed by atoms with E-state index in [0.717, 1.165) is 0 Å². The minimum atomic E-state index is -2.39. The molecule has 2 rings (SSSR count). The predicted molar refractivity (Wildman–Crippen MR) is 85.3 cm³/mol. The van der Waals surface area contributed by atoms with Crippen LogP contribution in [-0.2, 0) is 14.3 Å². The molecule has 1 amide bonds. The molecule has 6 nitrogen and oxygen atoms in total. The average Bonchev–Trinajstić information content (AvgIpc) is 2.46. The molecule has 24 heavy (non-hydrogen) atoms. The Labute approximate surface area is 139 Å². The van der Waals surface area contributed by atoms with Gasteiger partial charge in [-0.3, -0.25) is 4.79 Å². The van der Waals surface area contributed by atoms with Crippen LogP contribution in [0.2, 0.25) is 0 Å². The van der Waals surface area contributed by atoms with Crippen molar-refractivity contribution in [2.45, 2.75) is 39.4 Å². The van der Waals surface area contributed by atoms with Crippen molar-refractivity contribution < 1.29 is 28.9 Å². The summed E-state index contributed by atoms with van der Waals surface area (Å²) < 4.78 is 18.7. The Morgan fingerprint density at radius 3 is 2.50 bits per heavy atom. The lowest BCUT2D eigenvalue weighted by atomic mass is 9.72. The van der Waals surface area contributed by atoms with Gasteiger partial charge < -0.3 is 19.8 Å². The first-order valence-corrected chi connectivity index (χ1v) is 7.65. The molecular weight excluding hydrogens is 317 g/mol. The van der Waals surface area contributed by atoms with Crippen LogP contribution in [0.4, 0.5) is 10.1 Å². The van der Waals surface area contributed by atoms with E-state index < -0.39 is 34.8 Å². The highest BCUT2D eigenvalue weighted by Crippen LogP contribution is 2.38. The van der Waals surface area contributed by atoms with E-state index in [1.165, 1.54) is 43.9 Å². The van der Waals surface area contributed by atoms with Gasteiger partial charge in [0.25, 0.3) is 5.91 Å². The number of rotatable bonds is 3. The zero-order valence-electron chi connectivity index (χ0n) is 14.2. The van der Waals surface area contributed by atoms with Crippen LogP contribution in [-0.4, -0.2) is 46.9 Å². The van der Waals surface area contributed by atoms with E-state index in [-0.39, 0.29) is 13.2 Å². The lowest BCUT2D eigenvalue weighted by Gasteiger charge is -2.44. The van der Waals surface area contributed by atoms with Gasteiger partial charge >= 0.3 is 5.97 Å². The van der Waals surface area contributed by atoms with Gasteiger partial charge in [0.05, 0.1) is 6.61 Å². The van der Waals surface area contributed by atoms with E-state index in [0.29, 0.717) is 11.3 Å². The van der Waals surface area contributed by atoms with Crippen molar-refractivity contribution in [1.29, 1.82) is 0 Å². The Kier molecular flexibility index (Phi) is 4.70. The van der Waals surface area contributed by atoms with Gasteiger partial charge in [-0.25, -0.2) is 9.18 Å². The standard InChI is InChI=1S/C17H22FNO5/c1-10-9-11(18)5-6-12(10)19-7-8-24-13(14(19)20)17(23,15(21)22)16(2,3)4/h5-6,9,13,23H,7-8H2,1-4H3,(H,21,22)/t13-,17+/m0/s1. The van der Waals surface area contributed by atoms with Crippen molar-refractivity contribution in [2.75, 3.05) is 18.1 Å². The number of hydrogen-bond acceptors (Lipinski definition) is 4. The Bertz CT molecular complexity index is 669. The zero-order chi connectivity index (χ0) is 18.3. The van der Waals surface area contributed by atoms with Gasteiger partial charge in [0.2, 0.25) is 5.60 Å². The monoisotopic (exact) mass is 339 g/mol. The first-order valence-electron chi connectivity index (χ1n) is 7.65. The van der Waals surface area contributed by atoms with Crippen LogP contribution >= 0.6 is 0 Å². The summed E-state index contributed by atoms with van der Waals surface area (Å²) >= 11 is 0.